The van der Waals surface area contributed by atoms with E-state index in [1.165, 1.54) is 6.26 Å². The fourth-order valence-electron chi connectivity index (χ4n) is 1.27. The summed E-state index contributed by atoms with van der Waals surface area (Å²) in [4.78, 5) is 25.8. The number of Topliss-reactive ketones (excluding diaryl/α,β-unsaturated/α-hetero) is 2. The Labute approximate surface area is 85.9 Å². The molecule has 0 aliphatic carbocycles. The van der Waals surface area contributed by atoms with Crippen molar-refractivity contribution in [2.24, 2.45) is 0 Å². The normalized spacial score (nSPS) is 10.1. The van der Waals surface area contributed by atoms with E-state index >= 15 is 0 Å². The highest BCUT2D eigenvalue weighted by molar-refractivity contribution is 6.11. The molecule has 1 N–H and O–H groups in total. The first kappa shape index (κ1) is 9.45. The highest BCUT2D eigenvalue weighted by Crippen LogP contribution is 2.07. The third-order valence-electron chi connectivity index (χ3n) is 2.02. The van der Waals surface area contributed by atoms with Crippen molar-refractivity contribution in [3.05, 3.63) is 48.2 Å². The minimum atomic E-state index is -0.306. The summed E-state index contributed by atoms with van der Waals surface area (Å²) in [6.07, 6.45) is 2.88. The van der Waals surface area contributed by atoms with Gasteiger partial charge in [-0.2, -0.15) is 0 Å². The Morgan fingerprint density at radius 3 is 2.67 bits per heavy atom. The number of carbonyl (C=O) groups is 2. The summed E-state index contributed by atoms with van der Waals surface area (Å²) in [5.41, 5.74) is 0.440. The SMILES string of the molecule is O=C(CC(=O)c1ccco1)c1ccc[nH]1. The Balaban J connectivity index is 2.04. The molecule has 0 aliphatic heterocycles. The number of hydrogen-bond acceptors (Lipinski definition) is 3. The molecule has 0 fully saturated rings. The van der Waals surface area contributed by atoms with Crippen LogP contribution in [-0.4, -0.2) is 16.6 Å². The van der Waals surface area contributed by atoms with Crippen molar-refractivity contribution in [2.75, 3.05) is 0 Å². The number of carbonyl (C=O) groups excluding carboxylic acids is 2. The molecule has 0 atom stereocenters. The molecule has 0 saturated heterocycles. The predicted molar refractivity (Wildman–Crippen MR) is 52.8 cm³/mol. The van der Waals surface area contributed by atoms with Crippen LogP contribution in [0.15, 0.2) is 41.1 Å². The van der Waals surface area contributed by atoms with Crippen LogP contribution in [0, 0.1) is 0 Å². The van der Waals surface area contributed by atoms with Gasteiger partial charge in [-0.1, -0.05) is 0 Å². The highest BCUT2D eigenvalue weighted by atomic mass is 16.3. The molecule has 0 radical (unpaired) electrons. The monoisotopic (exact) mass is 203 g/mol. The number of nitrogens with one attached hydrogen (secondary N) is 1. The number of hydrogen-bond donors (Lipinski definition) is 1. The zero-order chi connectivity index (χ0) is 10.7. The Bertz CT molecular complexity index is 410. The Kier molecular flexibility index (Phi) is 2.49. The molecule has 4 heteroatoms. The summed E-state index contributed by atoms with van der Waals surface area (Å²) >= 11 is 0. The van der Waals surface area contributed by atoms with Crippen LogP contribution in [0.1, 0.15) is 27.5 Å². The van der Waals surface area contributed by atoms with E-state index in [9.17, 15) is 9.59 Å². The van der Waals surface area contributed by atoms with Gasteiger partial charge in [0, 0.05) is 6.20 Å². The lowest BCUT2D eigenvalue weighted by Crippen LogP contribution is -2.08. The van der Waals surface area contributed by atoms with Crippen LogP contribution in [0.25, 0.3) is 0 Å². The third-order valence-corrected chi connectivity index (χ3v) is 2.02. The van der Waals surface area contributed by atoms with Crippen molar-refractivity contribution in [3.8, 4) is 0 Å². The van der Waals surface area contributed by atoms with Crippen LogP contribution < -0.4 is 0 Å². The van der Waals surface area contributed by atoms with E-state index in [1.807, 2.05) is 0 Å². The second kappa shape index (κ2) is 3.96. The maximum absolute atomic E-state index is 11.5. The van der Waals surface area contributed by atoms with Gasteiger partial charge >= 0.3 is 0 Å². The van der Waals surface area contributed by atoms with Crippen LogP contribution in [0.4, 0.5) is 0 Å². The van der Waals surface area contributed by atoms with E-state index in [4.69, 9.17) is 4.42 Å². The van der Waals surface area contributed by atoms with E-state index in [2.05, 4.69) is 4.98 Å². The molecule has 0 bridgehead atoms. The molecule has 2 rings (SSSR count). The second-order valence-corrected chi connectivity index (χ2v) is 3.08. The van der Waals surface area contributed by atoms with Gasteiger partial charge in [-0.15, -0.1) is 0 Å². The molecule has 0 spiro atoms. The van der Waals surface area contributed by atoms with Gasteiger partial charge in [0.05, 0.1) is 18.4 Å². The summed E-state index contributed by atoms with van der Waals surface area (Å²) in [7, 11) is 0. The van der Waals surface area contributed by atoms with Gasteiger partial charge in [-0.05, 0) is 24.3 Å². The number of H-pyrrole nitrogens is 1. The van der Waals surface area contributed by atoms with Gasteiger partial charge in [-0.25, -0.2) is 0 Å². The summed E-state index contributed by atoms with van der Waals surface area (Å²) in [5.74, 6) is -0.323. The minimum absolute atomic E-state index is 0.173. The molecule has 4 nitrogen and oxygen atoms in total. The zero-order valence-corrected chi connectivity index (χ0v) is 7.90. The van der Waals surface area contributed by atoms with Crippen LogP contribution in [0.2, 0.25) is 0 Å². The van der Waals surface area contributed by atoms with Crippen molar-refractivity contribution in [1.82, 2.24) is 4.98 Å². The van der Waals surface area contributed by atoms with Crippen LogP contribution in [-0.2, 0) is 0 Å². The van der Waals surface area contributed by atoms with Crippen LogP contribution in [0.3, 0.4) is 0 Å². The molecule has 2 aromatic heterocycles. The number of rotatable bonds is 4. The van der Waals surface area contributed by atoms with Gasteiger partial charge < -0.3 is 9.40 Å². The molecule has 2 aromatic rings. The number of aromatic amines is 1. The fraction of sp³-hybridized carbons (Fsp3) is 0.0909. The highest BCUT2D eigenvalue weighted by Gasteiger charge is 2.15. The molecule has 76 valence electrons. The topological polar surface area (TPSA) is 63.1 Å². The number of aromatic nitrogens is 1. The zero-order valence-electron chi connectivity index (χ0n) is 7.90. The second-order valence-electron chi connectivity index (χ2n) is 3.08. The van der Waals surface area contributed by atoms with Crippen LogP contribution in [0.5, 0.6) is 0 Å². The maximum Gasteiger partial charge on any atom is 0.205 e. The van der Waals surface area contributed by atoms with Gasteiger partial charge in [0.2, 0.25) is 5.78 Å². The molecule has 0 saturated carbocycles. The lowest BCUT2D eigenvalue weighted by molar-refractivity contribution is 0.0876. The third kappa shape index (κ3) is 2.04. The standard InChI is InChI=1S/C11H9NO3/c13-9(8-3-1-5-12-8)7-10(14)11-4-2-6-15-11/h1-6,12H,7H2. The van der Waals surface area contributed by atoms with Gasteiger partial charge in [0.15, 0.2) is 11.5 Å². The first-order valence-electron chi connectivity index (χ1n) is 4.50. The summed E-state index contributed by atoms with van der Waals surface area (Å²) in [5, 5.41) is 0. The van der Waals surface area contributed by atoms with Crippen molar-refractivity contribution in [3.63, 3.8) is 0 Å². The van der Waals surface area contributed by atoms with Gasteiger partial charge in [0.1, 0.15) is 0 Å². The molecular formula is C11H9NO3. The van der Waals surface area contributed by atoms with Crippen molar-refractivity contribution in [2.45, 2.75) is 6.42 Å². The molecular weight excluding hydrogens is 194 g/mol. The fourth-order valence-corrected chi connectivity index (χ4v) is 1.27. The minimum Gasteiger partial charge on any atom is -0.461 e. The lowest BCUT2D eigenvalue weighted by atomic mass is 10.1. The van der Waals surface area contributed by atoms with E-state index in [0.717, 1.165) is 0 Å². The number of furan rings is 1. The van der Waals surface area contributed by atoms with E-state index in [0.29, 0.717) is 5.69 Å². The maximum atomic E-state index is 11.5. The average Bonchev–Trinajstić information content (AvgIpc) is 2.91. The summed E-state index contributed by atoms with van der Waals surface area (Å²) < 4.78 is 4.90. The summed E-state index contributed by atoms with van der Waals surface area (Å²) in [6, 6.07) is 6.51. The van der Waals surface area contributed by atoms with Gasteiger partial charge in [-0.3, -0.25) is 9.59 Å². The largest absolute Gasteiger partial charge is 0.461 e. The summed E-state index contributed by atoms with van der Waals surface area (Å²) in [6.45, 7) is 0. The molecule has 15 heavy (non-hydrogen) atoms. The quantitative estimate of drug-likeness (QED) is 0.611. The van der Waals surface area contributed by atoms with Crippen molar-refractivity contribution in [1.29, 1.82) is 0 Å². The average molecular weight is 203 g/mol. The molecule has 0 aliphatic rings. The van der Waals surface area contributed by atoms with Crippen LogP contribution >= 0.6 is 0 Å². The van der Waals surface area contributed by atoms with Crippen molar-refractivity contribution >= 4 is 11.6 Å². The molecule has 0 amide bonds. The van der Waals surface area contributed by atoms with Crippen molar-refractivity contribution < 1.29 is 14.0 Å². The van der Waals surface area contributed by atoms with E-state index < -0.39 is 0 Å². The Hall–Kier alpha value is -2.10. The molecule has 2 heterocycles. The predicted octanol–water partition coefficient (Wildman–Crippen LogP) is 2.06. The Morgan fingerprint density at radius 1 is 1.20 bits per heavy atom. The smallest absolute Gasteiger partial charge is 0.205 e. The van der Waals surface area contributed by atoms with E-state index in [-0.39, 0.29) is 23.7 Å². The number of ketones is 2. The Morgan fingerprint density at radius 2 is 2.07 bits per heavy atom. The molecule has 0 unspecified atom stereocenters. The lowest BCUT2D eigenvalue weighted by Gasteiger charge is -1.95. The molecule has 0 aromatic carbocycles. The van der Waals surface area contributed by atoms with E-state index in [1.54, 1.807) is 30.5 Å². The first-order chi connectivity index (χ1) is 7.27. The van der Waals surface area contributed by atoms with Gasteiger partial charge in [0.25, 0.3) is 0 Å². The first-order valence-corrected chi connectivity index (χ1v) is 4.50.